The smallest absolute Gasteiger partial charge is 0.338 e. The highest BCUT2D eigenvalue weighted by Gasteiger charge is 2.21. The van der Waals surface area contributed by atoms with E-state index in [4.69, 9.17) is 4.74 Å². The lowest BCUT2D eigenvalue weighted by atomic mass is 10.3. The van der Waals surface area contributed by atoms with E-state index in [1.54, 1.807) is 6.92 Å². The third-order valence-corrected chi connectivity index (χ3v) is 4.28. The van der Waals surface area contributed by atoms with Gasteiger partial charge in [0.1, 0.15) is 5.75 Å². The van der Waals surface area contributed by atoms with E-state index in [0.717, 1.165) is 5.19 Å². The molecule has 16 heavy (non-hydrogen) atoms. The highest BCUT2D eigenvalue weighted by atomic mass is 28.3. The molecule has 0 heterocycles. The Hall–Kier alpha value is -1.35. The summed E-state index contributed by atoms with van der Waals surface area (Å²) in [4.78, 5) is 11.5. The molecular weight excluding hydrogens is 216 g/mol. The SMILES string of the molecule is C=C(C)C(=O)Oc1ccccc1[Si](C)(C)C. The van der Waals surface area contributed by atoms with Crippen molar-refractivity contribution in [3.63, 3.8) is 0 Å². The Kier molecular flexibility index (Phi) is 3.70. The molecule has 0 aliphatic carbocycles. The molecule has 1 rings (SSSR count). The van der Waals surface area contributed by atoms with Crippen LogP contribution in [0.2, 0.25) is 19.6 Å². The first-order chi connectivity index (χ1) is 7.32. The summed E-state index contributed by atoms with van der Waals surface area (Å²) >= 11 is 0. The molecule has 0 saturated heterocycles. The molecule has 0 unspecified atom stereocenters. The lowest BCUT2D eigenvalue weighted by molar-refractivity contribution is -0.130. The predicted molar refractivity (Wildman–Crippen MR) is 69.9 cm³/mol. The Bertz CT molecular complexity index is 416. The van der Waals surface area contributed by atoms with E-state index < -0.39 is 8.07 Å². The molecule has 0 bridgehead atoms. The van der Waals surface area contributed by atoms with Crippen LogP contribution in [0.1, 0.15) is 6.92 Å². The van der Waals surface area contributed by atoms with E-state index in [9.17, 15) is 4.79 Å². The minimum Gasteiger partial charge on any atom is -0.423 e. The van der Waals surface area contributed by atoms with E-state index in [2.05, 4.69) is 26.2 Å². The second kappa shape index (κ2) is 4.66. The summed E-state index contributed by atoms with van der Waals surface area (Å²) in [5.41, 5.74) is 0.422. The molecule has 1 aromatic carbocycles. The van der Waals surface area contributed by atoms with Gasteiger partial charge in [0.05, 0.1) is 8.07 Å². The zero-order valence-electron chi connectivity index (χ0n) is 10.3. The minimum atomic E-state index is -1.49. The maximum atomic E-state index is 11.5. The third kappa shape index (κ3) is 3.07. The average Bonchev–Trinajstić information content (AvgIpc) is 2.16. The normalized spacial score (nSPS) is 11.0. The summed E-state index contributed by atoms with van der Waals surface area (Å²) in [7, 11) is -1.49. The van der Waals surface area contributed by atoms with Crippen LogP contribution in [0.3, 0.4) is 0 Å². The number of esters is 1. The first kappa shape index (κ1) is 12.7. The number of para-hydroxylation sites is 1. The Labute approximate surface area is 98.0 Å². The van der Waals surface area contributed by atoms with E-state index in [1.807, 2.05) is 24.3 Å². The van der Waals surface area contributed by atoms with E-state index in [0.29, 0.717) is 11.3 Å². The Balaban J connectivity index is 3.05. The van der Waals surface area contributed by atoms with Crippen molar-refractivity contribution in [3.05, 3.63) is 36.4 Å². The van der Waals surface area contributed by atoms with Gasteiger partial charge in [-0.15, -0.1) is 0 Å². The molecule has 0 fully saturated rings. The number of hydrogen-bond donors (Lipinski definition) is 0. The topological polar surface area (TPSA) is 26.3 Å². The van der Waals surface area contributed by atoms with Crippen LogP contribution in [0.5, 0.6) is 5.75 Å². The first-order valence-corrected chi connectivity index (χ1v) is 8.79. The summed E-state index contributed by atoms with van der Waals surface area (Å²) in [6.07, 6.45) is 0. The Morgan fingerprint density at radius 3 is 2.31 bits per heavy atom. The van der Waals surface area contributed by atoms with Gasteiger partial charge in [0.25, 0.3) is 0 Å². The maximum Gasteiger partial charge on any atom is 0.338 e. The zero-order valence-corrected chi connectivity index (χ0v) is 11.3. The molecule has 0 atom stereocenters. The largest absolute Gasteiger partial charge is 0.423 e. The van der Waals surface area contributed by atoms with Crippen molar-refractivity contribution in [2.24, 2.45) is 0 Å². The molecule has 1 aromatic rings. The van der Waals surface area contributed by atoms with Crippen LogP contribution in [-0.2, 0) is 4.79 Å². The molecule has 3 heteroatoms. The average molecular weight is 234 g/mol. The fraction of sp³-hybridized carbons (Fsp3) is 0.308. The molecule has 0 saturated carbocycles. The van der Waals surface area contributed by atoms with Crippen LogP contribution in [-0.4, -0.2) is 14.0 Å². The maximum absolute atomic E-state index is 11.5. The van der Waals surface area contributed by atoms with Crippen LogP contribution in [0.15, 0.2) is 36.4 Å². The lowest BCUT2D eigenvalue weighted by Gasteiger charge is -2.20. The van der Waals surface area contributed by atoms with Gasteiger partial charge in [0.2, 0.25) is 0 Å². The van der Waals surface area contributed by atoms with Crippen LogP contribution < -0.4 is 9.92 Å². The van der Waals surface area contributed by atoms with Crippen LogP contribution in [0.25, 0.3) is 0 Å². The number of benzene rings is 1. The minimum absolute atomic E-state index is 0.356. The van der Waals surface area contributed by atoms with Crippen LogP contribution in [0, 0.1) is 0 Å². The van der Waals surface area contributed by atoms with E-state index in [-0.39, 0.29) is 5.97 Å². The molecule has 0 N–H and O–H groups in total. The Morgan fingerprint density at radius 1 is 1.25 bits per heavy atom. The van der Waals surface area contributed by atoms with Crippen molar-refractivity contribution in [3.8, 4) is 5.75 Å². The summed E-state index contributed by atoms with van der Waals surface area (Å²) in [6, 6.07) is 7.73. The van der Waals surface area contributed by atoms with Gasteiger partial charge in [-0.25, -0.2) is 4.79 Å². The lowest BCUT2D eigenvalue weighted by Crippen LogP contribution is -2.39. The fourth-order valence-corrected chi connectivity index (χ4v) is 2.83. The molecule has 0 aliphatic heterocycles. The molecule has 2 nitrogen and oxygen atoms in total. The van der Waals surface area contributed by atoms with Gasteiger partial charge in [-0.3, -0.25) is 0 Å². The van der Waals surface area contributed by atoms with Gasteiger partial charge >= 0.3 is 5.97 Å². The van der Waals surface area contributed by atoms with Crippen molar-refractivity contribution < 1.29 is 9.53 Å². The molecule has 0 spiro atoms. The van der Waals surface area contributed by atoms with Gasteiger partial charge in [0, 0.05) is 5.57 Å². The summed E-state index contributed by atoms with van der Waals surface area (Å²) in [5, 5.41) is 1.16. The standard InChI is InChI=1S/C13H18O2Si/c1-10(2)13(14)15-11-8-6-7-9-12(11)16(3,4)5/h6-9H,1H2,2-5H3. The second-order valence-electron chi connectivity index (χ2n) is 4.92. The highest BCUT2D eigenvalue weighted by Crippen LogP contribution is 2.15. The number of ether oxygens (including phenoxy) is 1. The molecule has 86 valence electrons. The van der Waals surface area contributed by atoms with Crippen molar-refractivity contribution >= 4 is 19.2 Å². The summed E-state index contributed by atoms with van der Waals surface area (Å²) < 4.78 is 5.33. The van der Waals surface area contributed by atoms with Gasteiger partial charge in [-0.05, 0) is 18.2 Å². The molecule has 0 aliphatic rings. The van der Waals surface area contributed by atoms with Gasteiger partial charge < -0.3 is 4.74 Å². The van der Waals surface area contributed by atoms with Gasteiger partial charge in [-0.1, -0.05) is 44.4 Å². The summed E-state index contributed by atoms with van der Waals surface area (Å²) in [5.74, 6) is 0.320. The van der Waals surface area contributed by atoms with Crippen molar-refractivity contribution in [2.45, 2.75) is 26.6 Å². The molecular formula is C13H18O2Si. The quantitative estimate of drug-likeness (QED) is 0.348. The number of carbonyl (C=O) groups is 1. The van der Waals surface area contributed by atoms with Crippen LogP contribution >= 0.6 is 0 Å². The zero-order chi connectivity index (χ0) is 12.3. The molecule has 0 aromatic heterocycles. The fourth-order valence-electron chi connectivity index (χ4n) is 1.36. The molecule has 0 radical (unpaired) electrons. The molecule has 0 amide bonds. The first-order valence-electron chi connectivity index (χ1n) is 5.29. The van der Waals surface area contributed by atoms with Crippen LogP contribution in [0.4, 0.5) is 0 Å². The van der Waals surface area contributed by atoms with Crippen molar-refractivity contribution in [1.82, 2.24) is 0 Å². The van der Waals surface area contributed by atoms with E-state index >= 15 is 0 Å². The van der Waals surface area contributed by atoms with Gasteiger partial charge in [-0.2, -0.15) is 0 Å². The number of carbonyl (C=O) groups excluding carboxylic acids is 1. The van der Waals surface area contributed by atoms with Crippen molar-refractivity contribution in [2.75, 3.05) is 0 Å². The summed E-state index contributed by atoms with van der Waals surface area (Å²) in [6.45, 7) is 11.9. The van der Waals surface area contributed by atoms with E-state index in [1.165, 1.54) is 0 Å². The number of hydrogen-bond acceptors (Lipinski definition) is 2. The van der Waals surface area contributed by atoms with Gasteiger partial charge in [0.15, 0.2) is 0 Å². The monoisotopic (exact) mass is 234 g/mol. The second-order valence-corrected chi connectivity index (χ2v) is 9.95. The Morgan fingerprint density at radius 2 is 1.81 bits per heavy atom. The van der Waals surface area contributed by atoms with Crippen molar-refractivity contribution in [1.29, 1.82) is 0 Å². The third-order valence-electron chi connectivity index (χ3n) is 2.25. The number of rotatable bonds is 3. The highest BCUT2D eigenvalue weighted by molar-refractivity contribution is 6.89. The predicted octanol–water partition coefficient (Wildman–Crippen LogP) is 2.71.